The summed E-state index contributed by atoms with van der Waals surface area (Å²) in [6.45, 7) is 4.33. The number of hydrogen-bond acceptors (Lipinski definition) is 4. The lowest BCUT2D eigenvalue weighted by molar-refractivity contribution is 0.840. The number of rotatable bonds is 3. The van der Waals surface area contributed by atoms with Crippen LogP contribution in [0.3, 0.4) is 0 Å². The second-order valence-electron chi connectivity index (χ2n) is 5.25. The summed E-state index contributed by atoms with van der Waals surface area (Å²) in [5, 5.41) is 3.27. The Labute approximate surface area is 130 Å². The van der Waals surface area contributed by atoms with Crippen LogP contribution >= 0.6 is 11.8 Å². The second-order valence-corrected chi connectivity index (χ2v) is 6.48. The SMILES string of the molecule is CNc1cnc(N2CCSCC2)cc1-c1ccccc1C. The molecule has 3 nitrogen and oxygen atoms in total. The van der Waals surface area contributed by atoms with Gasteiger partial charge < -0.3 is 10.2 Å². The van der Waals surface area contributed by atoms with E-state index in [4.69, 9.17) is 0 Å². The molecule has 110 valence electrons. The molecule has 4 heteroatoms. The molecular formula is C17H21N3S. The third-order valence-corrected chi connectivity index (χ3v) is 4.87. The van der Waals surface area contributed by atoms with E-state index >= 15 is 0 Å². The quantitative estimate of drug-likeness (QED) is 0.936. The number of aryl methyl sites for hydroxylation is 1. The molecule has 1 aromatic carbocycles. The zero-order chi connectivity index (χ0) is 14.7. The molecule has 1 aliphatic heterocycles. The van der Waals surface area contributed by atoms with E-state index in [1.165, 1.54) is 28.2 Å². The minimum Gasteiger partial charge on any atom is -0.386 e. The predicted octanol–water partition coefficient (Wildman–Crippen LogP) is 3.65. The summed E-state index contributed by atoms with van der Waals surface area (Å²) in [5.41, 5.74) is 4.88. The van der Waals surface area contributed by atoms with E-state index in [1.54, 1.807) is 0 Å². The summed E-state index contributed by atoms with van der Waals surface area (Å²) in [6, 6.07) is 10.7. The van der Waals surface area contributed by atoms with Crippen LogP contribution in [0.4, 0.5) is 11.5 Å². The van der Waals surface area contributed by atoms with Crippen LogP contribution in [0.25, 0.3) is 11.1 Å². The first-order valence-electron chi connectivity index (χ1n) is 7.36. The Balaban J connectivity index is 2.03. The van der Waals surface area contributed by atoms with E-state index in [0.717, 1.165) is 24.6 Å². The minimum absolute atomic E-state index is 1.08. The zero-order valence-electron chi connectivity index (χ0n) is 12.6. The Bertz CT molecular complexity index is 621. The Morgan fingerprint density at radius 3 is 2.62 bits per heavy atom. The molecule has 0 saturated carbocycles. The molecule has 1 aliphatic rings. The predicted molar refractivity (Wildman–Crippen MR) is 93.5 cm³/mol. The van der Waals surface area contributed by atoms with Gasteiger partial charge in [-0.2, -0.15) is 11.8 Å². The maximum atomic E-state index is 4.64. The molecule has 0 amide bonds. The molecule has 0 bridgehead atoms. The fourth-order valence-electron chi connectivity index (χ4n) is 2.71. The van der Waals surface area contributed by atoms with Crippen molar-refractivity contribution in [2.24, 2.45) is 0 Å². The Kier molecular flexibility index (Phi) is 4.34. The van der Waals surface area contributed by atoms with Gasteiger partial charge in [0, 0.05) is 37.2 Å². The number of hydrogen-bond donors (Lipinski definition) is 1. The van der Waals surface area contributed by atoms with Gasteiger partial charge in [0.2, 0.25) is 0 Å². The summed E-state index contributed by atoms with van der Waals surface area (Å²) in [7, 11) is 1.95. The Morgan fingerprint density at radius 1 is 1.14 bits per heavy atom. The van der Waals surface area contributed by atoms with Crippen molar-refractivity contribution in [1.29, 1.82) is 0 Å². The van der Waals surface area contributed by atoms with E-state index in [0.29, 0.717) is 0 Å². The van der Waals surface area contributed by atoms with Gasteiger partial charge in [-0.3, -0.25) is 0 Å². The summed E-state index contributed by atoms with van der Waals surface area (Å²) < 4.78 is 0. The molecule has 0 unspecified atom stereocenters. The number of anilines is 2. The molecule has 1 fully saturated rings. The number of pyridine rings is 1. The third kappa shape index (κ3) is 3.00. The molecule has 0 radical (unpaired) electrons. The summed E-state index contributed by atoms with van der Waals surface area (Å²) in [4.78, 5) is 7.03. The van der Waals surface area contributed by atoms with Crippen molar-refractivity contribution in [2.45, 2.75) is 6.92 Å². The first-order chi connectivity index (χ1) is 10.3. The standard InChI is InChI=1S/C17H21N3S/c1-13-5-3-4-6-14(13)15-11-17(19-12-16(15)18-2)20-7-9-21-10-8-20/h3-6,11-12,18H,7-10H2,1-2H3. The van der Waals surface area contributed by atoms with Crippen LogP contribution in [0.5, 0.6) is 0 Å². The van der Waals surface area contributed by atoms with E-state index in [2.05, 4.69) is 52.5 Å². The monoisotopic (exact) mass is 299 g/mol. The van der Waals surface area contributed by atoms with Crippen LogP contribution in [0.1, 0.15) is 5.56 Å². The molecule has 1 N–H and O–H groups in total. The van der Waals surface area contributed by atoms with Gasteiger partial charge in [-0.1, -0.05) is 24.3 Å². The Hall–Kier alpha value is -1.68. The highest BCUT2D eigenvalue weighted by Crippen LogP contribution is 2.32. The van der Waals surface area contributed by atoms with Crippen LogP contribution < -0.4 is 10.2 Å². The molecule has 0 aliphatic carbocycles. The van der Waals surface area contributed by atoms with Crippen LogP contribution in [0.2, 0.25) is 0 Å². The molecule has 21 heavy (non-hydrogen) atoms. The third-order valence-electron chi connectivity index (χ3n) is 3.93. The van der Waals surface area contributed by atoms with Gasteiger partial charge in [-0.15, -0.1) is 0 Å². The van der Waals surface area contributed by atoms with Crippen molar-refractivity contribution in [3.63, 3.8) is 0 Å². The van der Waals surface area contributed by atoms with E-state index in [9.17, 15) is 0 Å². The summed E-state index contributed by atoms with van der Waals surface area (Å²) in [6.07, 6.45) is 1.96. The number of nitrogens with zero attached hydrogens (tertiary/aromatic N) is 2. The molecule has 1 aromatic heterocycles. The Morgan fingerprint density at radius 2 is 1.90 bits per heavy atom. The number of aromatic nitrogens is 1. The molecule has 2 heterocycles. The normalized spacial score (nSPS) is 15.0. The molecule has 1 saturated heterocycles. The molecular weight excluding hydrogens is 278 g/mol. The lowest BCUT2D eigenvalue weighted by Gasteiger charge is -2.28. The van der Waals surface area contributed by atoms with Crippen molar-refractivity contribution in [2.75, 3.05) is 41.9 Å². The number of thioether (sulfide) groups is 1. The van der Waals surface area contributed by atoms with Crippen LogP contribution in [0.15, 0.2) is 36.5 Å². The summed E-state index contributed by atoms with van der Waals surface area (Å²) >= 11 is 2.02. The molecule has 3 rings (SSSR count). The van der Waals surface area contributed by atoms with Crippen LogP contribution in [-0.4, -0.2) is 36.6 Å². The van der Waals surface area contributed by atoms with Gasteiger partial charge in [-0.05, 0) is 24.1 Å². The lowest BCUT2D eigenvalue weighted by Crippen LogP contribution is -2.33. The highest BCUT2D eigenvalue weighted by molar-refractivity contribution is 7.99. The van der Waals surface area contributed by atoms with Gasteiger partial charge in [0.1, 0.15) is 5.82 Å². The minimum atomic E-state index is 1.08. The van der Waals surface area contributed by atoms with Crippen molar-refractivity contribution >= 4 is 23.3 Å². The van der Waals surface area contributed by atoms with Gasteiger partial charge in [0.15, 0.2) is 0 Å². The smallest absolute Gasteiger partial charge is 0.129 e. The number of nitrogens with one attached hydrogen (secondary N) is 1. The fourth-order valence-corrected chi connectivity index (χ4v) is 3.61. The molecule has 2 aromatic rings. The average molecular weight is 299 g/mol. The van der Waals surface area contributed by atoms with E-state index < -0.39 is 0 Å². The summed E-state index contributed by atoms with van der Waals surface area (Å²) in [5.74, 6) is 3.47. The van der Waals surface area contributed by atoms with Gasteiger partial charge in [0.05, 0.1) is 11.9 Å². The largest absolute Gasteiger partial charge is 0.386 e. The number of benzene rings is 1. The van der Waals surface area contributed by atoms with Crippen LogP contribution in [0, 0.1) is 6.92 Å². The highest BCUT2D eigenvalue weighted by Gasteiger charge is 2.15. The van der Waals surface area contributed by atoms with Crippen molar-refractivity contribution in [3.05, 3.63) is 42.1 Å². The highest BCUT2D eigenvalue weighted by atomic mass is 32.2. The maximum absolute atomic E-state index is 4.64. The van der Waals surface area contributed by atoms with Crippen molar-refractivity contribution in [1.82, 2.24) is 4.98 Å². The van der Waals surface area contributed by atoms with Crippen LogP contribution in [-0.2, 0) is 0 Å². The first kappa shape index (κ1) is 14.3. The van der Waals surface area contributed by atoms with Crippen molar-refractivity contribution in [3.8, 4) is 11.1 Å². The van der Waals surface area contributed by atoms with E-state index in [1.807, 2.05) is 25.0 Å². The topological polar surface area (TPSA) is 28.2 Å². The maximum Gasteiger partial charge on any atom is 0.129 e. The average Bonchev–Trinajstić information content (AvgIpc) is 2.55. The first-order valence-corrected chi connectivity index (χ1v) is 8.51. The van der Waals surface area contributed by atoms with Gasteiger partial charge in [-0.25, -0.2) is 4.98 Å². The van der Waals surface area contributed by atoms with Gasteiger partial charge >= 0.3 is 0 Å². The molecule has 0 atom stereocenters. The zero-order valence-corrected chi connectivity index (χ0v) is 13.4. The van der Waals surface area contributed by atoms with Gasteiger partial charge in [0.25, 0.3) is 0 Å². The molecule has 0 spiro atoms. The fraction of sp³-hybridized carbons (Fsp3) is 0.353. The lowest BCUT2D eigenvalue weighted by atomic mass is 10.00. The van der Waals surface area contributed by atoms with E-state index in [-0.39, 0.29) is 0 Å². The van der Waals surface area contributed by atoms with Crippen molar-refractivity contribution < 1.29 is 0 Å². The second kappa shape index (κ2) is 6.39.